The predicted molar refractivity (Wildman–Crippen MR) is 159 cm³/mol. The van der Waals surface area contributed by atoms with E-state index in [0.29, 0.717) is 29.0 Å². The van der Waals surface area contributed by atoms with Crippen LogP contribution in [0.5, 0.6) is 0 Å². The minimum atomic E-state index is -0.413. The largest absolute Gasteiger partial charge is 0.343 e. The van der Waals surface area contributed by atoms with Gasteiger partial charge in [0.05, 0.1) is 23.0 Å². The Morgan fingerprint density at radius 1 is 1.12 bits per heavy atom. The number of piperidine rings is 1. The van der Waals surface area contributed by atoms with Crippen molar-refractivity contribution in [1.82, 2.24) is 24.3 Å². The zero-order chi connectivity index (χ0) is 28.8. The van der Waals surface area contributed by atoms with Crippen molar-refractivity contribution in [1.29, 1.82) is 0 Å². The molecule has 0 radical (unpaired) electrons. The summed E-state index contributed by atoms with van der Waals surface area (Å²) in [6.45, 7) is 10.6. The van der Waals surface area contributed by atoms with E-state index in [1.54, 1.807) is 24.9 Å². The molecule has 2 aliphatic heterocycles. The number of benzene rings is 1. The summed E-state index contributed by atoms with van der Waals surface area (Å²) in [4.78, 5) is 36.2. The number of rotatable bonds is 5. The zero-order valence-corrected chi connectivity index (χ0v) is 24.8. The number of amides is 2. The molecule has 2 fully saturated rings. The maximum atomic E-state index is 14.4. The summed E-state index contributed by atoms with van der Waals surface area (Å²) in [6, 6.07) is 4.53. The van der Waals surface area contributed by atoms with Gasteiger partial charge in [0.2, 0.25) is 5.91 Å². The maximum absolute atomic E-state index is 14.4. The summed E-state index contributed by atoms with van der Waals surface area (Å²) >= 11 is 0. The molecular formula is C33H42FN5O2. The van der Waals surface area contributed by atoms with Gasteiger partial charge in [-0.05, 0) is 99.6 Å². The molecule has 2 amide bonds. The number of likely N-dealkylation sites (tertiary alicyclic amines) is 2. The smallest absolute Gasteiger partial charge is 0.256 e. The molecular weight excluding hydrogens is 517 g/mol. The summed E-state index contributed by atoms with van der Waals surface area (Å²) in [5.74, 6) is 1.20. The molecule has 6 rings (SSSR count). The monoisotopic (exact) mass is 559 g/mol. The van der Waals surface area contributed by atoms with Gasteiger partial charge in [-0.3, -0.25) is 14.6 Å². The van der Waals surface area contributed by atoms with Crippen molar-refractivity contribution in [2.24, 2.45) is 11.8 Å². The van der Waals surface area contributed by atoms with E-state index in [1.165, 1.54) is 28.6 Å². The van der Waals surface area contributed by atoms with Gasteiger partial charge >= 0.3 is 0 Å². The highest BCUT2D eigenvalue weighted by atomic mass is 19.1. The Labute approximate surface area is 242 Å². The van der Waals surface area contributed by atoms with E-state index < -0.39 is 5.82 Å². The molecule has 3 aliphatic rings. The van der Waals surface area contributed by atoms with Crippen LogP contribution < -0.4 is 0 Å². The van der Waals surface area contributed by atoms with Crippen LogP contribution in [0.15, 0.2) is 36.8 Å². The van der Waals surface area contributed by atoms with E-state index >= 15 is 0 Å². The Bertz CT molecular complexity index is 1460. The average Bonchev–Trinajstić information content (AvgIpc) is 3.10. The Kier molecular flexibility index (Phi) is 7.62. The van der Waals surface area contributed by atoms with Crippen molar-refractivity contribution < 1.29 is 14.0 Å². The highest BCUT2D eigenvalue weighted by Gasteiger charge is 2.34. The molecule has 2 saturated heterocycles. The average molecular weight is 560 g/mol. The molecule has 8 heteroatoms. The molecule has 0 spiro atoms. The fraction of sp³-hybridized carbons (Fsp3) is 0.545. The number of aromatic nitrogens is 2. The Hall–Kier alpha value is -3.26. The molecule has 2 aromatic heterocycles. The first-order chi connectivity index (χ1) is 19.7. The number of fused-ring (bicyclic) bond motifs is 3. The second-order valence-corrected chi connectivity index (χ2v) is 12.8. The molecule has 2 unspecified atom stereocenters. The van der Waals surface area contributed by atoms with Gasteiger partial charge in [-0.15, -0.1) is 0 Å². The second-order valence-electron chi connectivity index (χ2n) is 12.8. The first-order valence-electron chi connectivity index (χ1n) is 15.2. The number of carbonyl (C=O) groups is 2. The van der Waals surface area contributed by atoms with Crippen molar-refractivity contribution in [2.75, 3.05) is 39.8 Å². The predicted octanol–water partition coefficient (Wildman–Crippen LogP) is 5.26. The summed E-state index contributed by atoms with van der Waals surface area (Å²) in [7, 11) is 1.77. The Balaban J connectivity index is 1.32. The fourth-order valence-corrected chi connectivity index (χ4v) is 7.31. The number of hydrogen-bond donors (Lipinski definition) is 0. The standard InChI is InChI=1S/C33H42FN5O2/c1-21(2)36(4)33(41)28-15-27(34)5-6-30(28)39-20-26-14-24-7-10-37(18-23-8-11-38(12-9-23)22(3)40)19-25(13-24)29-16-35-17-31(39)32(26)29/h5-6,15-17,20-21,23-25H,7-14,18-19H2,1-4H3. The first-order valence-corrected chi connectivity index (χ1v) is 15.2. The van der Waals surface area contributed by atoms with Gasteiger partial charge < -0.3 is 19.3 Å². The van der Waals surface area contributed by atoms with Crippen LogP contribution in [-0.4, -0.2) is 81.9 Å². The lowest BCUT2D eigenvalue weighted by Crippen LogP contribution is -2.41. The Morgan fingerprint density at radius 2 is 1.90 bits per heavy atom. The van der Waals surface area contributed by atoms with Gasteiger partial charge in [0.15, 0.2) is 0 Å². The molecule has 218 valence electrons. The maximum Gasteiger partial charge on any atom is 0.256 e. The van der Waals surface area contributed by atoms with Crippen molar-refractivity contribution in [3.05, 3.63) is 59.3 Å². The lowest BCUT2D eigenvalue weighted by atomic mass is 9.89. The lowest BCUT2D eigenvalue weighted by Gasteiger charge is -2.35. The number of halogens is 1. The molecule has 1 aliphatic carbocycles. The van der Waals surface area contributed by atoms with E-state index in [2.05, 4.69) is 21.9 Å². The summed E-state index contributed by atoms with van der Waals surface area (Å²) in [5.41, 5.74) is 4.65. The summed E-state index contributed by atoms with van der Waals surface area (Å²) < 4.78 is 16.5. The topological polar surface area (TPSA) is 61.7 Å². The zero-order valence-electron chi connectivity index (χ0n) is 24.8. The van der Waals surface area contributed by atoms with Crippen LogP contribution in [0.1, 0.15) is 73.9 Å². The number of pyridine rings is 1. The van der Waals surface area contributed by atoms with Gasteiger partial charge in [0.1, 0.15) is 5.82 Å². The molecule has 1 aromatic carbocycles. The summed E-state index contributed by atoms with van der Waals surface area (Å²) in [5, 5.41) is 1.25. The van der Waals surface area contributed by atoms with Crippen molar-refractivity contribution in [2.45, 2.75) is 64.8 Å². The molecule has 4 heterocycles. The van der Waals surface area contributed by atoms with Crippen molar-refractivity contribution in [3.8, 4) is 5.69 Å². The van der Waals surface area contributed by atoms with E-state index in [0.717, 1.165) is 70.3 Å². The fourth-order valence-electron chi connectivity index (χ4n) is 7.31. The van der Waals surface area contributed by atoms with Crippen LogP contribution in [0, 0.1) is 17.7 Å². The van der Waals surface area contributed by atoms with Crippen LogP contribution >= 0.6 is 0 Å². The van der Waals surface area contributed by atoms with E-state index in [-0.39, 0.29) is 17.9 Å². The number of hydrogen-bond acceptors (Lipinski definition) is 4. The van der Waals surface area contributed by atoms with Gasteiger partial charge in [-0.25, -0.2) is 4.39 Å². The quantitative estimate of drug-likeness (QED) is 0.428. The third kappa shape index (κ3) is 5.39. The number of nitrogens with zero attached hydrogens (tertiary/aromatic N) is 5. The molecule has 7 nitrogen and oxygen atoms in total. The van der Waals surface area contributed by atoms with E-state index in [9.17, 15) is 14.0 Å². The Morgan fingerprint density at radius 3 is 2.63 bits per heavy atom. The minimum Gasteiger partial charge on any atom is -0.343 e. The van der Waals surface area contributed by atoms with Gasteiger partial charge in [-0.1, -0.05) is 0 Å². The highest BCUT2D eigenvalue weighted by Crippen LogP contribution is 2.42. The van der Waals surface area contributed by atoms with Crippen molar-refractivity contribution >= 4 is 22.7 Å². The molecule has 0 saturated carbocycles. The van der Waals surface area contributed by atoms with Crippen molar-refractivity contribution in [3.63, 3.8) is 0 Å². The van der Waals surface area contributed by atoms with Gasteiger partial charge in [0, 0.05) is 64.0 Å². The van der Waals surface area contributed by atoms with Gasteiger partial charge in [-0.2, -0.15) is 0 Å². The molecule has 2 bridgehead atoms. The van der Waals surface area contributed by atoms with Gasteiger partial charge in [0.25, 0.3) is 5.91 Å². The second kappa shape index (κ2) is 11.2. The third-order valence-corrected chi connectivity index (χ3v) is 9.84. The molecule has 3 aromatic rings. The van der Waals surface area contributed by atoms with Crippen LogP contribution in [0.25, 0.3) is 16.6 Å². The van der Waals surface area contributed by atoms with E-state index in [4.69, 9.17) is 4.98 Å². The third-order valence-electron chi connectivity index (χ3n) is 9.84. The highest BCUT2D eigenvalue weighted by molar-refractivity contribution is 5.99. The van der Waals surface area contributed by atoms with Crippen LogP contribution in [0.2, 0.25) is 0 Å². The molecule has 0 N–H and O–H groups in total. The SMILES string of the molecule is CC(=O)N1CCC(CN2CCC3Cc4cn(-c5ccc(F)cc5C(=O)N(C)C(C)C)c5cncc(c45)C(C3)C2)CC1. The van der Waals surface area contributed by atoms with Crippen LogP contribution in [0.3, 0.4) is 0 Å². The molecule has 2 atom stereocenters. The van der Waals surface area contributed by atoms with E-state index in [1.807, 2.05) is 24.9 Å². The van der Waals surface area contributed by atoms with Crippen LogP contribution in [-0.2, 0) is 11.2 Å². The van der Waals surface area contributed by atoms with Crippen LogP contribution in [0.4, 0.5) is 4.39 Å². The number of carbonyl (C=O) groups excluding carboxylic acids is 2. The normalized spacial score (nSPS) is 21.7. The first kappa shape index (κ1) is 27.9. The lowest BCUT2D eigenvalue weighted by molar-refractivity contribution is -0.130. The molecule has 41 heavy (non-hydrogen) atoms. The summed E-state index contributed by atoms with van der Waals surface area (Å²) in [6.07, 6.45) is 11.6. The minimum absolute atomic E-state index is 0.00204.